The van der Waals surface area contributed by atoms with E-state index in [9.17, 15) is 9.18 Å². The number of amides is 1. The Kier molecular flexibility index (Phi) is 8.63. The quantitative estimate of drug-likeness (QED) is 0.287. The molecule has 4 nitrogen and oxygen atoms in total. The summed E-state index contributed by atoms with van der Waals surface area (Å²) in [7, 11) is 0. The van der Waals surface area contributed by atoms with Crippen LogP contribution < -0.4 is 26.5 Å². The van der Waals surface area contributed by atoms with Gasteiger partial charge in [0.15, 0.2) is 5.82 Å². The average Bonchev–Trinajstić information content (AvgIpc) is 3.21. The number of halogens is 5. The topological polar surface area (TPSA) is 50.7 Å². The van der Waals surface area contributed by atoms with Crippen LogP contribution in [-0.2, 0) is 4.84 Å². The Balaban J connectivity index is 1.68. The molecule has 2 unspecified atom stereocenters. The first kappa shape index (κ1) is 24.7. The summed E-state index contributed by atoms with van der Waals surface area (Å²) in [6.45, 7) is 3.93. The first-order valence-corrected chi connectivity index (χ1v) is 14.7. The zero-order chi connectivity index (χ0) is 22.7. The van der Waals surface area contributed by atoms with Crippen LogP contribution in [0.1, 0.15) is 52.9 Å². The molecule has 0 radical (unpaired) electrons. The van der Waals surface area contributed by atoms with Crippen LogP contribution in [0, 0.1) is 12.7 Å². The van der Waals surface area contributed by atoms with E-state index in [1.165, 1.54) is 12.1 Å². The van der Waals surface area contributed by atoms with Crippen molar-refractivity contribution in [2.24, 2.45) is 5.16 Å². The monoisotopic (exact) mass is 641 g/mol. The maximum absolute atomic E-state index is 13.7. The fourth-order valence-corrected chi connectivity index (χ4v) is 5.64. The van der Waals surface area contributed by atoms with Gasteiger partial charge < -0.3 is 0 Å². The minimum atomic E-state index is -0.645. The fraction of sp³-hybridized carbons (Fsp3) is 0.364. The summed E-state index contributed by atoms with van der Waals surface area (Å²) in [4.78, 5) is 20.4. The Morgan fingerprint density at radius 1 is 1.35 bits per heavy atom. The van der Waals surface area contributed by atoms with Crippen molar-refractivity contribution in [3.8, 4) is 0 Å². The Morgan fingerprint density at radius 2 is 2.03 bits per heavy atom. The fourth-order valence-electron chi connectivity index (χ4n) is 3.30. The molecule has 1 aliphatic heterocycles. The molecule has 0 saturated carbocycles. The van der Waals surface area contributed by atoms with Crippen molar-refractivity contribution >= 4 is 50.8 Å². The maximum atomic E-state index is 13.7. The van der Waals surface area contributed by atoms with Crippen molar-refractivity contribution < 1.29 is 35.2 Å². The predicted molar refractivity (Wildman–Crippen MR) is 123 cm³/mol. The number of nitrogens with zero attached hydrogens (tertiary/aromatic N) is 1. The van der Waals surface area contributed by atoms with Gasteiger partial charge in [-0.05, 0) is 17.7 Å². The van der Waals surface area contributed by atoms with E-state index in [1.807, 2.05) is 32.0 Å². The van der Waals surface area contributed by atoms with Gasteiger partial charge in [-0.3, -0.25) is 0 Å². The predicted octanol–water partition coefficient (Wildman–Crippen LogP) is 3.25. The van der Waals surface area contributed by atoms with E-state index in [4.69, 9.17) is 28.0 Å². The molecule has 168 valence electrons. The SMILES string of the molecule is C[I-]C(Br)CC(C)NC(=O)c1ccc(C2=NO[C@H](c3cc(Cl)c(F)c(Cl)c3)C2)cc1C. The van der Waals surface area contributed by atoms with E-state index in [0.29, 0.717) is 20.4 Å². The van der Waals surface area contributed by atoms with E-state index >= 15 is 0 Å². The third kappa shape index (κ3) is 6.12. The van der Waals surface area contributed by atoms with Crippen LogP contribution in [0.4, 0.5) is 4.39 Å². The van der Waals surface area contributed by atoms with Crippen molar-refractivity contribution in [1.29, 1.82) is 0 Å². The van der Waals surface area contributed by atoms with Crippen LogP contribution in [0.15, 0.2) is 35.5 Å². The summed E-state index contributed by atoms with van der Waals surface area (Å²) in [6.07, 6.45) is 1.01. The minimum absolute atomic E-state index is 0.0491. The van der Waals surface area contributed by atoms with E-state index in [0.717, 1.165) is 23.3 Å². The third-order valence-electron chi connectivity index (χ3n) is 5.00. The zero-order valence-electron chi connectivity index (χ0n) is 17.2. The van der Waals surface area contributed by atoms with E-state index in [1.54, 1.807) is 0 Å². The van der Waals surface area contributed by atoms with Crippen molar-refractivity contribution in [3.63, 3.8) is 0 Å². The molecule has 3 rings (SSSR count). The number of oxime groups is 1. The molecule has 0 aromatic heterocycles. The van der Waals surface area contributed by atoms with E-state index < -0.39 is 11.9 Å². The molecule has 0 bridgehead atoms. The molecule has 9 heteroatoms. The molecule has 0 aliphatic carbocycles. The first-order valence-electron chi connectivity index (χ1n) is 9.60. The van der Waals surface area contributed by atoms with Gasteiger partial charge in [-0.25, -0.2) is 4.39 Å². The van der Waals surface area contributed by atoms with Gasteiger partial charge in [0.2, 0.25) is 0 Å². The summed E-state index contributed by atoms with van der Waals surface area (Å²) < 4.78 is 14.2. The van der Waals surface area contributed by atoms with Gasteiger partial charge in [0, 0.05) is 0 Å². The molecule has 2 aromatic rings. The number of carbonyl (C=O) groups is 1. The van der Waals surface area contributed by atoms with Crippen molar-refractivity contribution in [2.75, 3.05) is 4.93 Å². The summed E-state index contributed by atoms with van der Waals surface area (Å²) in [6, 6.07) is 8.71. The Bertz CT molecular complexity index is 998. The van der Waals surface area contributed by atoms with Crippen LogP contribution in [0.5, 0.6) is 0 Å². The molecule has 1 aliphatic rings. The molecule has 1 heterocycles. The van der Waals surface area contributed by atoms with Gasteiger partial charge in [0.1, 0.15) is 0 Å². The Hall–Kier alpha value is -0.900. The molecule has 0 saturated heterocycles. The normalized spacial score (nSPS) is 17.8. The zero-order valence-corrected chi connectivity index (χ0v) is 22.4. The van der Waals surface area contributed by atoms with E-state index in [2.05, 4.69) is 31.3 Å². The average molecular weight is 643 g/mol. The molecular formula is C22H22BrCl2FIN2O2-. The molecule has 31 heavy (non-hydrogen) atoms. The number of rotatable bonds is 7. The second-order valence-electron chi connectivity index (χ2n) is 7.38. The standard InChI is InChI=1S/C22H22BrCl2FIN2O2/c1-11-6-13(4-5-15(11)22(30)28-12(2)7-20(23)27-3)18-10-19(31-29-18)14-8-16(24)21(26)17(25)9-14/h4-6,8-9,12,19-20H,7,10H2,1-3H3,(H,28,30)/q-1/t12?,19-,20?/m0/s1. The van der Waals surface area contributed by atoms with E-state index in [-0.39, 0.29) is 43.2 Å². The van der Waals surface area contributed by atoms with Crippen molar-refractivity contribution in [1.82, 2.24) is 5.32 Å². The number of benzene rings is 2. The summed E-state index contributed by atoms with van der Waals surface area (Å²) >= 11 is 15.5. The van der Waals surface area contributed by atoms with Gasteiger partial charge in [-0.2, -0.15) is 0 Å². The number of hydrogen-bond donors (Lipinski definition) is 1. The third-order valence-corrected chi connectivity index (χ3v) is 10.1. The number of aryl methyl sites for hydroxylation is 1. The Labute approximate surface area is 210 Å². The molecular weight excluding hydrogens is 621 g/mol. The van der Waals surface area contributed by atoms with Gasteiger partial charge >= 0.3 is 150 Å². The summed E-state index contributed by atoms with van der Waals surface area (Å²) in [5.74, 6) is -0.725. The van der Waals surface area contributed by atoms with Crippen molar-refractivity contribution in [3.05, 3.63) is 68.4 Å². The van der Waals surface area contributed by atoms with Gasteiger partial charge in [0.05, 0.1) is 10.0 Å². The van der Waals surface area contributed by atoms with Crippen molar-refractivity contribution in [2.45, 2.75) is 41.7 Å². The summed E-state index contributed by atoms with van der Waals surface area (Å²) in [5.41, 5.74) is 3.79. The number of nitrogens with one attached hydrogen (secondary N) is 1. The number of alkyl halides is 3. The van der Waals surface area contributed by atoms with Crippen LogP contribution in [0.2, 0.25) is 10.0 Å². The second-order valence-corrected chi connectivity index (χ2v) is 13.8. The van der Waals surface area contributed by atoms with Gasteiger partial charge in [-0.1, -0.05) is 23.2 Å². The first-order chi connectivity index (χ1) is 14.7. The molecule has 1 amide bonds. The Morgan fingerprint density at radius 3 is 2.65 bits per heavy atom. The molecule has 2 aromatic carbocycles. The van der Waals surface area contributed by atoms with Crippen LogP contribution in [0.3, 0.4) is 0 Å². The van der Waals surface area contributed by atoms with Crippen LogP contribution in [-0.4, -0.2) is 25.4 Å². The summed E-state index contributed by atoms with van der Waals surface area (Å²) in [5, 5.41) is 7.16. The molecule has 0 spiro atoms. The second kappa shape index (κ2) is 10.8. The molecule has 3 atom stereocenters. The van der Waals surface area contributed by atoms with Crippen LogP contribution in [0.25, 0.3) is 0 Å². The van der Waals surface area contributed by atoms with Gasteiger partial charge in [0.25, 0.3) is 0 Å². The van der Waals surface area contributed by atoms with Crippen LogP contribution >= 0.6 is 39.1 Å². The number of hydrogen-bond acceptors (Lipinski definition) is 3. The molecule has 0 fully saturated rings. The molecule has 1 N–H and O–H groups in total. The van der Waals surface area contributed by atoms with Gasteiger partial charge in [-0.15, -0.1) is 0 Å². The number of carbonyl (C=O) groups excluding carboxylic acids is 1.